The Labute approximate surface area is 145 Å². The third-order valence-corrected chi connectivity index (χ3v) is 4.59. The number of rotatable bonds is 0. The lowest BCUT2D eigenvalue weighted by Crippen LogP contribution is -2.94. The Morgan fingerprint density at radius 1 is 0.414 bits per heavy atom. The summed E-state index contributed by atoms with van der Waals surface area (Å²) in [5.74, 6) is -56.9. The zero-order chi connectivity index (χ0) is 23.7. The molecule has 0 spiro atoms. The molecule has 29 heavy (non-hydrogen) atoms. The summed E-state index contributed by atoms with van der Waals surface area (Å²) >= 11 is 0. The summed E-state index contributed by atoms with van der Waals surface area (Å²) in [5, 5.41) is 0. The molecule has 2 aliphatic carbocycles. The SMILES string of the molecule is FC(F)=C1C(F)(F)C(F)(F)C(F)(F)C2(F)C(F)(F)C(F)(F)C(F)(F)C(F)(F)C12F. The van der Waals surface area contributed by atoms with Crippen LogP contribution in [0.4, 0.5) is 79.0 Å². The normalized spacial score (nSPS) is 40.1. The van der Waals surface area contributed by atoms with E-state index in [-0.39, 0.29) is 0 Å². The highest BCUT2D eigenvalue weighted by molar-refractivity contribution is 5.51. The minimum absolute atomic E-state index is 5.04. The average molecular weight is 474 g/mol. The first-order chi connectivity index (χ1) is 12.3. The molecule has 2 fully saturated rings. The summed E-state index contributed by atoms with van der Waals surface area (Å²) in [6, 6.07) is 0. The number of hydrogen-bond donors (Lipinski definition) is 0. The topological polar surface area (TPSA) is 0 Å². The molecule has 0 aromatic rings. The van der Waals surface area contributed by atoms with E-state index in [1.807, 2.05) is 0 Å². The quantitative estimate of drug-likeness (QED) is 0.377. The Bertz CT molecular complexity index is 761. The van der Waals surface area contributed by atoms with E-state index in [1.165, 1.54) is 0 Å². The van der Waals surface area contributed by atoms with Gasteiger partial charge >= 0.3 is 41.5 Å². The van der Waals surface area contributed by atoms with Crippen LogP contribution in [0.1, 0.15) is 0 Å². The molecule has 2 saturated carbocycles. The molecule has 0 saturated heterocycles. The van der Waals surface area contributed by atoms with Gasteiger partial charge in [0.1, 0.15) is 5.57 Å². The number of hydrogen-bond acceptors (Lipinski definition) is 0. The minimum atomic E-state index is -8.41. The van der Waals surface area contributed by atoms with Crippen molar-refractivity contribution >= 4 is 0 Å². The van der Waals surface area contributed by atoms with Gasteiger partial charge in [0.2, 0.25) is 0 Å². The highest BCUT2D eigenvalue weighted by Crippen LogP contribution is 2.79. The maximum atomic E-state index is 14.5. The van der Waals surface area contributed by atoms with Crippen LogP contribution in [0.3, 0.4) is 0 Å². The summed E-state index contributed by atoms with van der Waals surface area (Å²) in [7, 11) is 0. The van der Waals surface area contributed by atoms with E-state index < -0.39 is 64.4 Å². The van der Waals surface area contributed by atoms with Gasteiger partial charge in [-0.05, 0) is 0 Å². The Morgan fingerprint density at radius 2 is 0.724 bits per heavy atom. The van der Waals surface area contributed by atoms with Crippen molar-refractivity contribution in [1.82, 2.24) is 0 Å². The van der Waals surface area contributed by atoms with Crippen LogP contribution in [-0.2, 0) is 0 Å². The van der Waals surface area contributed by atoms with E-state index in [0.717, 1.165) is 0 Å². The molecule has 2 atom stereocenters. The van der Waals surface area contributed by atoms with Crippen LogP contribution in [0.15, 0.2) is 11.7 Å². The molecule has 0 bridgehead atoms. The Kier molecular flexibility index (Phi) is 4.12. The van der Waals surface area contributed by atoms with Crippen LogP contribution in [0.2, 0.25) is 0 Å². The summed E-state index contributed by atoms with van der Waals surface area (Å²) in [4.78, 5) is 0. The largest absolute Gasteiger partial charge is 0.382 e. The van der Waals surface area contributed by atoms with Gasteiger partial charge in [-0.15, -0.1) is 0 Å². The first-order valence-electron chi connectivity index (χ1n) is 6.40. The number of halogens is 18. The van der Waals surface area contributed by atoms with Crippen molar-refractivity contribution in [3.05, 3.63) is 11.7 Å². The third-order valence-electron chi connectivity index (χ3n) is 4.59. The van der Waals surface area contributed by atoms with Crippen molar-refractivity contribution < 1.29 is 79.0 Å². The molecule has 0 nitrogen and oxygen atoms in total. The highest BCUT2D eigenvalue weighted by Gasteiger charge is 3.10. The predicted octanol–water partition coefficient (Wildman–Crippen LogP) is 6.03. The molecule has 0 aromatic carbocycles. The summed E-state index contributed by atoms with van der Waals surface area (Å²) < 4.78 is 242. The van der Waals surface area contributed by atoms with Gasteiger partial charge in [0.05, 0.1) is 0 Å². The fourth-order valence-corrected chi connectivity index (χ4v) is 3.04. The van der Waals surface area contributed by atoms with Gasteiger partial charge in [-0.25, -0.2) is 8.78 Å². The van der Waals surface area contributed by atoms with E-state index in [4.69, 9.17) is 0 Å². The lowest BCUT2D eigenvalue weighted by Gasteiger charge is -2.61. The van der Waals surface area contributed by atoms with Crippen LogP contribution in [0.5, 0.6) is 0 Å². The van der Waals surface area contributed by atoms with Gasteiger partial charge in [-0.2, -0.15) is 70.2 Å². The highest BCUT2D eigenvalue weighted by atomic mass is 19.4. The zero-order valence-corrected chi connectivity index (χ0v) is 12.3. The maximum Gasteiger partial charge on any atom is 0.382 e. The second kappa shape index (κ2) is 5.03. The molecule has 2 aliphatic rings. The van der Waals surface area contributed by atoms with Crippen molar-refractivity contribution in [3.63, 3.8) is 0 Å². The number of alkyl halides is 16. The Balaban J connectivity index is 3.29. The lowest BCUT2D eigenvalue weighted by molar-refractivity contribution is -0.510. The molecule has 0 heterocycles. The summed E-state index contributed by atoms with van der Waals surface area (Å²) in [5.41, 5.74) is -21.8. The van der Waals surface area contributed by atoms with E-state index in [0.29, 0.717) is 0 Å². The van der Waals surface area contributed by atoms with Crippen molar-refractivity contribution in [2.24, 2.45) is 0 Å². The Morgan fingerprint density at radius 3 is 1.07 bits per heavy atom. The zero-order valence-electron chi connectivity index (χ0n) is 12.3. The van der Waals surface area contributed by atoms with Crippen LogP contribution in [0, 0.1) is 0 Å². The van der Waals surface area contributed by atoms with E-state index in [1.54, 1.807) is 0 Å². The Hall–Kier alpha value is -1.52. The second-order valence-electron chi connectivity index (χ2n) is 5.97. The number of allylic oxidation sites excluding steroid dienone is 1. The van der Waals surface area contributed by atoms with Gasteiger partial charge in [-0.3, -0.25) is 0 Å². The average Bonchev–Trinajstić information content (AvgIpc) is 2.49. The first kappa shape index (κ1) is 23.8. The fourth-order valence-electron chi connectivity index (χ4n) is 3.04. The third kappa shape index (κ3) is 1.74. The summed E-state index contributed by atoms with van der Waals surface area (Å²) in [6.45, 7) is 0. The van der Waals surface area contributed by atoms with Crippen LogP contribution < -0.4 is 0 Å². The van der Waals surface area contributed by atoms with E-state index >= 15 is 0 Å². The summed E-state index contributed by atoms with van der Waals surface area (Å²) in [6.07, 6.45) is -5.04. The molecule has 0 N–H and O–H groups in total. The molecule has 0 amide bonds. The van der Waals surface area contributed by atoms with Crippen molar-refractivity contribution in [2.45, 2.75) is 52.8 Å². The lowest BCUT2D eigenvalue weighted by atomic mass is 9.54. The van der Waals surface area contributed by atoms with Crippen LogP contribution >= 0.6 is 0 Å². The van der Waals surface area contributed by atoms with Crippen LogP contribution in [0.25, 0.3) is 0 Å². The monoisotopic (exact) mass is 474 g/mol. The van der Waals surface area contributed by atoms with E-state index in [9.17, 15) is 79.0 Å². The van der Waals surface area contributed by atoms with Gasteiger partial charge in [0, 0.05) is 0 Å². The number of fused-ring (bicyclic) bond motifs is 1. The standard InChI is InChI=1S/C11F18/c12-2(13)1-3(14)5(17,8(22,23)7(20,21)4(1,15)16)9(24,25)11(28,29)10(26,27)6(3,18)19. The van der Waals surface area contributed by atoms with Gasteiger partial charge in [0.25, 0.3) is 17.4 Å². The van der Waals surface area contributed by atoms with Gasteiger partial charge in [-0.1, -0.05) is 0 Å². The molecule has 18 heteroatoms. The fraction of sp³-hybridized carbons (Fsp3) is 0.818. The molecule has 2 rings (SSSR count). The van der Waals surface area contributed by atoms with Gasteiger partial charge in [0.15, 0.2) is 0 Å². The van der Waals surface area contributed by atoms with Crippen molar-refractivity contribution in [1.29, 1.82) is 0 Å². The molecule has 0 radical (unpaired) electrons. The minimum Gasteiger partial charge on any atom is -0.227 e. The predicted molar refractivity (Wildman–Crippen MR) is 51.5 cm³/mol. The molecular formula is C11F18. The van der Waals surface area contributed by atoms with Crippen LogP contribution in [-0.4, -0.2) is 52.8 Å². The second-order valence-corrected chi connectivity index (χ2v) is 5.97. The van der Waals surface area contributed by atoms with E-state index in [2.05, 4.69) is 0 Å². The smallest absolute Gasteiger partial charge is 0.227 e. The first-order valence-corrected chi connectivity index (χ1v) is 6.40. The molecule has 0 aromatic heterocycles. The molecule has 170 valence electrons. The molecule has 0 aliphatic heterocycles. The maximum absolute atomic E-state index is 14.5. The van der Waals surface area contributed by atoms with Gasteiger partial charge < -0.3 is 0 Å². The van der Waals surface area contributed by atoms with Crippen molar-refractivity contribution in [2.75, 3.05) is 0 Å². The van der Waals surface area contributed by atoms with Crippen molar-refractivity contribution in [3.8, 4) is 0 Å². The molecular weight excluding hydrogens is 474 g/mol. The molecule has 2 unspecified atom stereocenters.